The van der Waals surface area contributed by atoms with Crippen molar-refractivity contribution in [3.8, 4) is 0 Å². The average Bonchev–Trinajstić information content (AvgIpc) is 1.14. The van der Waals surface area contributed by atoms with E-state index in [0.717, 1.165) is 0 Å². The molecule has 0 saturated heterocycles. The molecular formula is C10H24. The Morgan fingerprint density at radius 2 is 0.900 bits per heavy atom. The summed E-state index contributed by atoms with van der Waals surface area (Å²) in [4.78, 5) is 0. The van der Waals surface area contributed by atoms with Gasteiger partial charge in [-0.15, -0.1) is 0 Å². The maximum Gasteiger partial charge on any atom is -0.0378 e. The lowest BCUT2D eigenvalue weighted by molar-refractivity contribution is 0.233. The molecule has 0 rings (SSSR count). The van der Waals surface area contributed by atoms with Crippen LogP contribution in [0.2, 0.25) is 0 Å². The molecule has 0 aromatic heterocycles. The van der Waals surface area contributed by atoms with Crippen LogP contribution in [-0.2, 0) is 0 Å². The molecular weight excluding hydrogens is 120 g/mol. The van der Waals surface area contributed by atoms with Gasteiger partial charge in [-0.1, -0.05) is 49.0 Å². The van der Waals surface area contributed by atoms with Crippen molar-refractivity contribution in [1.29, 1.82) is 0 Å². The monoisotopic (exact) mass is 144 g/mol. The first kappa shape index (κ1) is 12.7. The van der Waals surface area contributed by atoms with Crippen LogP contribution in [0.5, 0.6) is 0 Å². The molecule has 0 bridgehead atoms. The summed E-state index contributed by atoms with van der Waals surface area (Å²) in [5.41, 5.74) is 0.969. The second-order valence-corrected chi connectivity index (χ2v) is 5.30. The molecule has 0 atom stereocenters. The van der Waals surface area contributed by atoms with Crippen LogP contribution in [0.1, 0.15) is 55.4 Å². The van der Waals surface area contributed by atoms with Crippen LogP contribution in [-0.4, -0.2) is 0 Å². The van der Waals surface area contributed by atoms with Gasteiger partial charge < -0.3 is 0 Å². The molecule has 0 N–H and O–H groups in total. The minimum absolute atomic E-state index is 0. The molecule has 0 nitrogen and oxygen atoms in total. The van der Waals surface area contributed by atoms with E-state index in [4.69, 9.17) is 0 Å². The van der Waals surface area contributed by atoms with Crippen LogP contribution in [0.3, 0.4) is 0 Å². The van der Waals surface area contributed by atoms with Crippen molar-refractivity contribution in [3.63, 3.8) is 0 Å². The highest BCUT2D eigenvalue weighted by Crippen LogP contribution is 2.31. The van der Waals surface area contributed by atoms with E-state index in [0.29, 0.717) is 10.8 Å². The van der Waals surface area contributed by atoms with Gasteiger partial charge in [-0.25, -0.2) is 0 Å². The second kappa shape index (κ2) is 3.41. The molecule has 0 aliphatic heterocycles. The van der Waals surface area contributed by atoms with Gasteiger partial charge >= 0.3 is 0 Å². The molecule has 0 aliphatic rings. The fourth-order valence-electron chi connectivity index (χ4n) is 1.59. The molecule has 0 aromatic rings. The summed E-state index contributed by atoms with van der Waals surface area (Å²) >= 11 is 0. The topological polar surface area (TPSA) is 0 Å². The molecule has 0 fully saturated rings. The maximum atomic E-state index is 2.29. The molecule has 0 heteroatoms. The van der Waals surface area contributed by atoms with Crippen molar-refractivity contribution in [1.82, 2.24) is 0 Å². The zero-order valence-electron chi connectivity index (χ0n) is 7.71. The largest absolute Gasteiger partial charge is 0.0776 e. The quantitative estimate of drug-likeness (QED) is 0.480. The summed E-state index contributed by atoms with van der Waals surface area (Å²) < 4.78 is 0. The van der Waals surface area contributed by atoms with Gasteiger partial charge in [-0.3, -0.25) is 0 Å². The highest BCUT2D eigenvalue weighted by Gasteiger charge is 2.20. The number of rotatable bonds is 0. The normalized spacial score (nSPS) is 12.6. The third-order valence-electron chi connectivity index (χ3n) is 1.06. The predicted molar refractivity (Wildman–Crippen MR) is 50.3 cm³/mol. The van der Waals surface area contributed by atoms with Crippen molar-refractivity contribution in [3.05, 3.63) is 0 Å². The number of hydrogen-bond acceptors (Lipinski definition) is 0. The van der Waals surface area contributed by atoms with Crippen molar-refractivity contribution in [2.75, 3.05) is 0 Å². The van der Waals surface area contributed by atoms with E-state index in [1.54, 1.807) is 0 Å². The van der Waals surface area contributed by atoms with Gasteiger partial charge in [0.15, 0.2) is 0 Å². The molecule has 0 saturated carbocycles. The predicted octanol–water partition coefficient (Wildman–Crippen LogP) is 4.10. The van der Waals surface area contributed by atoms with Gasteiger partial charge in [0.1, 0.15) is 0 Å². The van der Waals surface area contributed by atoms with Gasteiger partial charge in [-0.2, -0.15) is 0 Å². The lowest BCUT2D eigenvalue weighted by Gasteiger charge is -2.28. The van der Waals surface area contributed by atoms with Crippen molar-refractivity contribution >= 4 is 0 Å². The zero-order chi connectivity index (χ0) is 7.71. The number of hydrogen-bond donors (Lipinski definition) is 0. The van der Waals surface area contributed by atoms with Crippen LogP contribution < -0.4 is 0 Å². The Labute approximate surface area is 67.0 Å². The zero-order valence-corrected chi connectivity index (χ0v) is 7.71. The summed E-state index contributed by atoms with van der Waals surface area (Å²) in [5.74, 6) is 0. The Kier molecular flexibility index (Phi) is 4.31. The summed E-state index contributed by atoms with van der Waals surface area (Å²) in [7, 11) is 0. The lowest BCUT2D eigenvalue weighted by Crippen LogP contribution is -2.16. The molecule has 0 aliphatic carbocycles. The van der Waals surface area contributed by atoms with Gasteiger partial charge in [-0.05, 0) is 17.3 Å². The Morgan fingerprint density at radius 3 is 0.900 bits per heavy atom. The van der Waals surface area contributed by atoms with Crippen molar-refractivity contribution in [2.45, 2.75) is 55.4 Å². The first-order valence-corrected chi connectivity index (χ1v) is 3.71. The van der Waals surface area contributed by atoms with E-state index in [-0.39, 0.29) is 7.43 Å². The standard InChI is InChI=1S/C9H20.CH4/c1-8(2,3)7-9(4,5)6;/h7H2,1-6H3;1H4. The smallest absolute Gasteiger partial charge is 0.0378 e. The first-order chi connectivity index (χ1) is 3.71. The van der Waals surface area contributed by atoms with Crippen LogP contribution in [0.15, 0.2) is 0 Å². The molecule has 10 heavy (non-hydrogen) atoms. The lowest BCUT2D eigenvalue weighted by atomic mass is 9.78. The maximum absolute atomic E-state index is 2.29. The molecule has 0 heterocycles. The van der Waals surface area contributed by atoms with E-state index < -0.39 is 0 Å². The highest BCUT2D eigenvalue weighted by atomic mass is 14.3. The van der Waals surface area contributed by atoms with E-state index in [9.17, 15) is 0 Å². The fourth-order valence-corrected chi connectivity index (χ4v) is 1.59. The highest BCUT2D eigenvalue weighted by molar-refractivity contribution is 4.71. The van der Waals surface area contributed by atoms with Crippen molar-refractivity contribution < 1.29 is 0 Å². The van der Waals surface area contributed by atoms with Crippen LogP contribution in [0.4, 0.5) is 0 Å². The Hall–Kier alpha value is 0. The third-order valence-corrected chi connectivity index (χ3v) is 1.06. The summed E-state index contributed by atoms with van der Waals surface area (Å²) in [5, 5.41) is 0. The minimum Gasteiger partial charge on any atom is -0.0776 e. The van der Waals surface area contributed by atoms with E-state index >= 15 is 0 Å². The fraction of sp³-hybridized carbons (Fsp3) is 1.00. The second-order valence-electron chi connectivity index (χ2n) is 5.30. The van der Waals surface area contributed by atoms with Crippen LogP contribution >= 0.6 is 0 Å². The molecule has 64 valence electrons. The molecule has 0 aromatic carbocycles. The van der Waals surface area contributed by atoms with Gasteiger partial charge in [0.2, 0.25) is 0 Å². The molecule has 0 spiro atoms. The molecule has 0 amide bonds. The Balaban J connectivity index is 0. The van der Waals surface area contributed by atoms with E-state index in [2.05, 4.69) is 41.5 Å². The van der Waals surface area contributed by atoms with Gasteiger partial charge in [0.05, 0.1) is 0 Å². The summed E-state index contributed by atoms with van der Waals surface area (Å²) in [6.07, 6.45) is 1.29. The van der Waals surface area contributed by atoms with Gasteiger partial charge in [0, 0.05) is 0 Å². The molecule has 0 radical (unpaired) electrons. The SMILES string of the molecule is C.CC(C)(C)CC(C)(C)C. The minimum atomic E-state index is 0. The Bertz CT molecular complexity index is 65.2. The summed E-state index contributed by atoms with van der Waals surface area (Å²) in [6.45, 7) is 13.7. The molecule has 0 unspecified atom stereocenters. The summed E-state index contributed by atoms with van der Waals surface area (Å²) in [6, 6.07) is 0. The first-order valence-electron chi connectivity index (χ1n) is 3.71. The van der Waals surface area contributed by atoms with E-state index in [1.165, 1.54) is 6.42 Å². The van der Waals surface area contributed by atoms with Crippen LogP contribution in [0, 0.1) is 10.8 Å². The van der Waals surface area contributed by atoms with Crippen molar-refractivity contribution in [2.24, 2.45) is 10.8 Å². The van der Waals surface area contributed by atoms with Crippen LogP contribution in [0.25, 0.3) is 0 Å². The third kappa shape index (κ3) is 10.9. The van der Waals surface area contributed by atoms with Gasteiger partial charge in [0.25, 0.3) is 0 Å². The average molecular weight is 144 g/mol. The Morgan fingerprint density at radius 1 is 0.700 bits per heavy atom. The van der Waals surface area contributed by atoms with E-state index in [1.807, 2.05) is 0 Å².